The van der Waals surface area contributed by atoms with Crippen LogP contribution in [0.2, 0.25) is 0 Å². The summed E-state index contributed by atoms with van der Waals surface area (Å²) in [6.07, 6.45) is 0. The number of benzene rings is 8. The molecule has 5 nitrogen and oxygen atoms in total. The Hall–Kier alpha value is -8.28. The van der Waals surface area contributed by atoms with Crippen LogP contribution in [-0.2, 0) is 0 Å². The summed E-state index contributed by atoms with van der Waals surface area (Å²) < 4.78 is 6.35. The molecule has 11 aromatic rings. The highest BCUT2D eigenvalue weighted by Gasteiger charge is 2.15. The van der Waals surface area contributed by atoms with Crippen LogP contribution in [0.4, 0.5) is 0 Å². The SMILES string of the molecule is CC.c1ccc(-c2cc(-c3ccc(-c4ccc5oc6ccc(-c7ccc(-c8cc(-c9ccccc9)nc(-c9ccccc9)n8)cc7)cc6c5c4)cc3)nc(-c3ccccc3)n2)cc1. The van der Waals surface area contributed by atoms with Crippen molar-refractivity contribution in [2.24, 2.45) is 0 Å². The molecule has 0 amide bonds. The van der Waals surface area contributed by atoms with Crippen LogP contribution in [0.25, 0.3) is 112 Å². The molecular formula is C58H42N4O. The van der Waals surface area contributed by atoms with E-state index in [1.165, 1.54) is 0 Å². The molecule has 8 aromatic carbocycles. The van der Waals surface area contributed by atoms with Crippen LogP contribution in [0.5, 0.6) is 0 Å². The van der Waals surface area contributed by atoms with Gasteiger partial charge in [0, 0.05) is 44.2 Å². The maximum Gasteiger partial charge on any atom is 0.160 e. The summed E-state index contributed by atoms with van der Waals surface area (Å²) in [6.45, 7) is 4.00. The van der Waals surface area contributed by atoms with Crippen LogP contribution in [-0.4, -0.2) is 19.9 Å². The van der Waals surface area contributed by atoms with Crippen LogP contribution in [0, 0.1) is 0 Å². The van der Waals surface area contributed by atoms with Crippen LogP contribution >= 0.6 is 0 Å². The molecule has 0 aliphatic heterocycles. The lowest BCUT2D eigenvalue weighted by Gasteiger charge is -2.10. The van der Waals surface area contributed by atoms with Crippen LogP contribution in [0.3, 0.4) is 0 Å². The summed E-state index contributed by atoms with van der Waals surface area (Å²) in [6, 6.07) is 75.1. The molecule has 11 rings (SSSR count). The maximum absolute atomic E-state index is 6.35. The van der Waals surface area contributed by atoms with E-state index >= 15 is 0 Å². The average molecular weight is 811 g/mol. The quantitative estimate of drug-likeness (QED) is 0.153. The van der Waals surface area contributed by atoms with Gasteiger partial charge >= 0.3 is 0 Å². The van der Waals surface area contributed by atoms with Crippen molar-refractivity contribution in [3.8, 4) is 90.1 Å². The van der Waals surface area contributed by atoms with E-state index in [0.29, 0.717) is 11.6 Å². The highest BCUT2D eigenvalue weighted by molar-refractivity contribution is 6.07. The Bertz CT molecular complexity index is 2970. The summed E-state index contributed by atoms with van der Waals surface area (Å²) in [5, 5.41) is 2.16. The zero-order valence-electron chi connectivity index (χ0n) is 35.0. The molecule has 0 bridgehead atoms. The standard InChI is InChI=1S/C56H36N4O.C2H6/c1-5-13-39(14-6-1)49-35-51(59-55(57-49)43-17-9-3-10-18-43)41-25-21-37(22-26-41)45-29-31-53-47(33-45)48-34-46(30-32-54(48)61-53)38-23-27-42(28-24-38)52-36-50(40-15-7-2-8-16-40)58-56(60-52)44-19-11-4-12-20-44;1-2/h1-36H;1-2H3. The summed E-state index contributed by atoms with van der Waals surface area (Å²) in [5.41, 5.74) is 15.8. The molecule has 3 aromatic heterocycles. The van der Waals surface area contributed by atoms with Crippen molar-refractivity contribution in [1.29, 1.82) is 0 Å². The molecule has 0 radical (unpaired) electrons. The van der Waals surface area contributed by atoms with E-state index in [1.807, 2.05) is 86.6 Å². The van der Waals surface area contributed by atoms with Crippen molar-refractivity contribution in [3.05, 3.63) is 218 Å². The number of furan rings is 1. The van der Waals surface area contributed by atoms with Gasteiger partial charge in [0.25, 0.3) is 0 Å². The van der Waals surface area contributed by atoms with Crippen molar-refractivity contribution in [2.75, 3.05) is 0 Å². The number of fused-ring (bicyclic) bond motifs is 3. The first-order valence-electron chi connectivity index (χ1n) is 21.4. The molecule has 0 fully saturated rings. The van der Waals surface area contributed by atoms with Crippen molar-refractivity contribution < 1.29 is 4.42 Å². The van der Waals surface area contributed by atoms with Gasteiger partial charge in [-0.2, -0.15) is 0 Å². The van der Waals surface area contributed by atoms with Gasteiger partial charge in [-0.05, 0) is 58.7 Å². The molecule has 0 saturated heterocycles. The molecule has 0 aliphatic rings. The molecule has 0 spiro atoms. The van der Waals surface area contributed by atoms with Crippen molar-refractivity contribution in [1.82, 2.24) is 19.9 Å². The molecule has 0 saturated carbocycles. The third-order valence-electron chi connectivity index (χ3n) is 11.2. The fourth-order valence-corrected chi connectivity index (χ4v) is 7.94. The Morgan fingerprint density at radius 3 is 0.857 bits per heavy atom. The normalized spacial score (nSPS) is 11.0. The summed E-state index contributed by atoms with van der Waals surface area (Å²) >= 11 is 0. The molecular weight excluding hydrogens is 769 g/mol. The lowest BCUT2D eigenvalue weighted by Crippen LogP contribution is -1.95. The van der Waals surface area contributed by atoms with Crippen molar-refractivity contribution >= 4 is 21.9 Å². The van der Waals surface area contributed by atoms with Gasteiger partial charge in [0.2, 0.25) is 0 Å². The molecule has 0 aliphatic carbocycles. The maximum atomic E-state index is 6.35. The van der Waals surface area contributed by atoms with Gasteiger partial charge in [0.1, 0.15) is 11.2 Å². The molecule has 0 N–H and O–H groups in total. The fourth-order valence-electron chi connectivity index (χ4n) is 7.94. The number of hydrogen-bond donors (Lipinski definition) is 0. The Balaban J connectivity index is 0.00000232. The Kier molecular flexibility index (Phi) is 10.7. The second-order valence-electron chi connectivity index (χ2n) is 15.1. The largest absolute Gasteiger partial charge is 0.456 e. The van der Waals surface area contributed by atoms with Crippen LogP contribution in [0.1, 0.15) is 13.8 Å². The summed E-state index contributed by atoms with van der Waals surface area (Å²) in [5.74, 6) is 1.41. The molecule has 63 heavy (non-hydrogen) atoms. The van der Waals surface area contributed by atoms with Crippen molar-refractivity contribution in [3.63, 3.8) is 0 Å². The lowest BCUT2D eigenvalue weighted by molar-refractivity contribution is 0.669. The van der Waals surface area contributed by atoms with E-state index in [-0.39, 0.29) is 0 Å². The highest BCUT2D eigenvalue weighted by Crippen LogP contribution is 2.37. The van der Waals surface area contributed by atoms with Crippen LogP contribution in [0.15, 0.2) is 223 Å². The van der Waals surface area contributed by atoms with Gasteiger partial charge in [-0.3, -0.25) is 0 Å². The second kappa shape index (κ2) is 17.4. The van der Waals surface area contributed by atoms with E-state index in [1.54, 1.807) is 0 Å². The monoisotopic (exact) mass is 810 g/mol. The third-order valence-corrected chi connectivity index (χ3v) is 11.2. The predicted octanol–water partition coefficient (Wildman–Crippen LogP) is 15.5. The fraction of sp³-hybridized carbons (Fsp3) is 0.0345. The van der Waals surface area contributed by atoms with Crippen LogP contribution < -0.4 is 0 Å². The molecule has 0 atom stereocenters. The highest BCUT2D eigenvalue weighted by atomic mass is 16.3. The van der Waals surface area contributed by atoms with E-state index in [2.05, 4.69) is 146 Å². The first-order valence-corrected chi connectivity index (χ1v) is 21.4. The lowest BCUT2D eigenvalue weighted by atomic mass is 9.98. The first-order chi connectivity index (χ1) is 31.2. The first kappa shape index (κ1) is 38.9. The Labute approximate surface area is 367 Å². The zero-order chi connectivity index (χ0) is 42.5. The summed E-state index contributed by atoms with van der Waals surface area (Å²) in [4.78, 5) is 20.0. The Morgan fingerprint density at radius 2 is 0.524 bits per heavy atom. The van der Waals surface area contributed by atoms with Gasteiger partial charge in [-0.1, -0.05) is 196 Å². The van der Waals surface area contributed by atoms with Gasteiger partial charge in [0.05, 0.1) is 22.8 Å². The summed E-state index contributed by atoms with van der Waals surface area (Å²) in [7, 11) is 0. The van der Waals surface area contributed by atoms with Gasteiger partial charge in [-0.15, -0.1) is 0 Å². The van der Waals surface area contributed by atoms with E-state index in [4.69, 9.17) is 24.4 Å². The van der Waals surface area contributed by atoms with Gasteiger partial charge < -0.3 is 4.42 Å². The molecule has 0 unspecified atom stereocenters. The predicted molar refractivity (Wildman–Crippen MR) is 260 cm³/mol. The number of nitrogens with zero attached hydrogens (tertiary/aromatic N) is 4. The minimum atomic E-state index is 0.703. The second-order valence-corrected chi connectivity index (χ2v) is 15.1. The molecule has 300 valence electrons. The average Bonchev–Trinajstić information content (AvgIpc) is 3.75. The third kappa shape index (κ3) is 8.04. The van der Waals surface area contributed by atoms with E-state index in [9.17, 15) is 0 Å². The zero-order valence-corrected chi connectivity index (χ0v) is 35.0. The number of aromatic nitrogens is 4. The number of rotatable bonds is 8. The van der Waals surface area contributed by atoms with Gasteiger partial charge in [0.15, 0.2) is 11.6 Å². The minimum Gasteiger partial charge on any atom is -0.456 e. The topological polar surface area (TPSA) is 64.7 Å². The number of hydrogen-bond acceptors (Lipinski definition) is 5. The van der Waals surface area contributed by atoms with E-state index < -0.39 is 0 Å². The Morgan fingerprint density at radius 1 is 0.254 bits per heavy atom. The molecule has 3 heterocycles. The minimum absolute atomic E-state index is 0.703. The van der Waals surface area contributed by atoms with Gasteiger partial charge in [-0.25, -0.2) is 19.9 Å². The smallest absolute Gasteiger partial charge is 0.160 e. The molecule has 5 heteroatoms. The van der Waals surface area contributed by atoms with E-state index in [0.717, 1.165) is 100 Å². The van der Waals surface area contributed by atoms with Crippen molar-refractivity contribution in [2.45, 2.75) is 13.8 Å².